The lowest BCUT2D eigenvalue weighted by Crippen LogP contribution is -2.47. The Kier molecular flexibility index (Phi) is 11.5. The summed E-state index contributed by atoms with van der Waals surface area (Å²) in [5.74, 6) is 0.272. The van der Waals surface area contributed by atoms with Crippen LogP contribution < -0.4 is 15.8 Å². The van der Waals surface area contributed by atoms with Gasteiger partial charge in [-0.2, -0.15) is 0 Å². The number of phenols is 1. The van der Waals surface area contributed by atoms with E-state index in [1.807, 2.05) is 31.2 Å². The van der Waals surface area contributed by atoms with Gasteiger partial charge in [0, 0.05) is 65.6 Å². The summed E-state index contributed by atoms with van der Waals surface area (Å²) in [6, 6.07) is 14.4. The van der Waals surface area contributed by atoms with Gasteiger partial charge in [0.2, 0.25) is 5.60 Å². The van der Waals surface area contributed by atoms with Crippen molar-refractivity contribution in [2.75, 3.05) is 68.2 Å². The summed E-state index contributed by atoms with van der Waals surface area (Å²) in [5.41, 5.74) is 3.65. The van der Waals surface area contributed by atoms with Crippen LogP contribution >= 0.6 is 21.6 Å². The molecule has 1 fully saturated rings. The van der Waals surface area contributed by atoms with Gasteiger partial charge in [-0.1, -0.05) is 35.4 Å². The first-order valence-corrected chi connectivity index (χ1v) is 20.8. The molecule has 1 atom stereocenters. The molecule has 5 heterocycles. The number of likely N-dealkylation sites (N-methyl/N-ethyl adjacent to an activating group) is 1. The van der Waals surface area contributed by atoms with E-state index < -0.39 is 23.8 Å². The van der Waals surface area contributed by atoms with E-state index in [0.29, 0.717) is 40.5 Å². The molecular weight excluding hydrogens is 747 g/mol. The number of rotatable bonds is 12. The lowest BCUT2D eigenvalue weighted by atomic mass is 9.85. The van der Waals surface area contributed by atoms with Crippen LogP contribution in [0.5, 0.6) is 5.75 Å². The zero-order valence-corrected chi connectivity index (χ0v) is 32.6. The van der Waals surface area contributed by atoms with Gasteiger partial charge in [-0.3, -0.25) is 10.1 Å². The van der Waals surface area contributed by atoms with Crippen LogP contribution in [0.2, 0.25) is 0 Å². The predicted molar refractivity (Wildman–Crippen MR) is 212 cm³/mol. The average molecular weight is 790 g/mol. The van der Waals surface area contributed by atoms with Crippen molar-refractivity contribution >= 4 is 62.1 Å². The lowest BCUT2D eigenvalue weighted by molar-refractivity contribution is -0.175. The number of ether oxygens (including phenoxy) is 4. The fourth-order valence-corrected chi connectivity index (χ4v) is 8.96. The molecule has 0 saturated carbocycles. The largest absolute Gasteiger partial charge is 0.509 e. The Morgan fingerprint density at radius 2 is 1.69 bits per heavy atom. The average Bonchev–Trinajstić information content (AvgIpc) is 3.55. The molecule has 1 amide bonds. The molecule has 4 aromatic rings. The number of cyclic esters (lactones) is 1. The number of aryl methyl sites for hydroxylation is 1. The van der Waals surface area contributed by atoms with Crippen LogP contribution in [-0.4, -0.2) is 95.7 Å². The van der Waals surface area contributed by atoms with Crippen LogP contribution in [0.25, 0.3) is 22.3 Å². The highest BCUT2D eigenvalue weighted by atomic mass is 33.1. The number of carbonyl (C=O) groups excluding carboxylic acids is 3. The first-order chi connectivity index (χ1) is 26.6. The molecule has 1 saturated heterocycles. The Balaban J connectivity index is 0.904. The zero-order chi connectivity index (χ0) is 38.7. The van der Waals surface area contributed by atoms with Gasteiger partial charge >= 0.3 is 18.2 Å². The van der Waals surface area contributed by atoms with Crippen molar-refractivity contribution in [1.29, 1.82) is 0 Å². The lowest BCUT2D eigenvalue weighted by Gasteiger charge is -2.35. The number of anilines is 2. The minimum absolute atomic E-state index is 0.00374. The van der Waals surface area contributed by atoms with Gasteiger partial charge in [-0.15, -0.1) is 0 Å². The van der Waals surface area contributed by atoms with Crippen molar-refractivity contribution in [2.24, 2.45) is 0 Å². The van der Waals surface area contributed by atoms with Crippen LogP contribution in [0.3, 0.4) is 0 Å². The van der Waals surface area contributed by atoms with Crippen molar-refractivity contribution in [3.8, 4) is 17.1 Å². The molecule has 0 spiro atoms. The number of nitrogens with zero attached hydrogens (tertiary/aromatic N) is 4. The standard InChI is InChI=1S/C39H43N5O9S2/c1-4-27-28-20-26(45)10-11-32(28)41-34-29(27)22-44-33(34)21-31-30(35(44)46)23-52-36(47)39(31,5-2)53-38(49)51-17-19-55-54-18-16-50-37(48)40-24-6-8-25(9-7-24)43-14-12-42(3)13-15-43/h6-11,20-21,45H,4-5,12-19,22-23H2,1-3H3,(H,40,48)/t39-/m0/s1. The smallest absolute Gasteiger partial charge is 0.508 e. The number of phenolic OH excluding ortho intramolecular Hbond substituents is 1. The highest BCUT2D eigenvalue weighted by Gasteiger charge is 2.51. The Labute approximate surface area is 325 Å². The molecule has 290 valence electrons. The fraction of sp³-hybridized carbons (Fsp3) is 0.410. The topological polar surface area (TPSA) is 162 Å². The third kappa shape index (κ3) is 7.80. The second-order valence-corrected chi connectivity index (χ2v) is 16.2. The van der Waals surface area contributed by atoms with E-state index in [1.165, 1.54) is 21.6 Å². The number of hydrogen-bond donors (Lipinski definition) is 2. The van der Waals surface area contributed by atoms with Crippen molar-refractivity contribution in [1.82, 2.24) is 14.5 Å². The number of piperazine rings is 1. The minimum Gasteiger partial charge on any atom is -0.508 e. The van der Waals surface area contributed by atoms with E-state index >= 15 is 0 Å². The number of pyridine rings is 2. The molecule has 0 unspecified atom stereocenters. The van der Waals surface area contributed by atoms with E-state index in [4.69, 9.17) is 23.9 Å². The van der Waals surface area contributed by atoms with Gasteiger partial charge in [0.25, 0.3) is 5.56 Å². The SMILES string of the molecule is CCc1c2c(nc3ccc(O)cc13)-c1cc3c(c(=O)n1C2)COC(=O)[C@@]3(CC)OC(=O)OCCSSCCOC(=O)Nc1ccc(N2CCN(C)CC2)cc1. The van der Waals surface area contributed by atoms with E-state index in [2.05, 4.69) is 22.2 Å². The van der Waals surface area contributed by atoms with Crippen LogP contribution in [0, 0.1) is 0 Å². The maximum absolute atomic E-state index is 13.9. The van der Waals surface area contributed by atoms with Gasteiger partial charge in [-0.05, 0) is 74.0 Å². The van der Waals surface area contributed by atoms with Crippen LogP contribution in [-0.2, 0) is 48.9 Å². The number of esters is 1. The molecular formula is C39H43N5O9S2. The Hall–Kier alpha value is -4.93. The summed E-state index contributed by atoms with van der Waals surface area (Å²) >= 11 is 0. The molecule has 3 aliphatic heterocycles. The first-order valence-electron chi connectivity index (χ1n) is 18.3. The number of benzene rings is 2. The number of hydrogen-bond acceptors (Lipinski definition) is 14. The molecule has 0 radical (unpaired) electrons. The highest BCUT2D eigenvalue weighted by molar-refractivity contribution is 8.76. The molecule has 55 heavy (non-hydrogen) atoms. The van der Waals surface area contributed by atoms with E-state index in [1.54, 1.807) is 35.8 Å². The summed E-state index contributed by atoms with van der Waals surface area (Å²) in [4.78, 5) is 62.1. The molecule has 14 nitrogen and oxygen atoms in total. The van der Waals surface area contributed by atoms with Gasteiger partial charge < -0.3 is 38.4 Å². The van der Waals surface area contributed by atoms with Crippen LogP contribution in [0.4, 0.5) is 21.0 Å². The summed E-state index contributed by atoms with van der Waals surface area (Å²) in [7, 11) is 5.00. The van der Waals surface area contributed by atoms with Gasteiger partial charge in [0.05, 0.1) is 29.0 Å². The number of fused-ring (bicyclic) bond motifs is 5. The summed E-state index contributed by atoms with van der Waals surface area (Å²) in [6.45, 7) is 7.86. The molecule has 2 N–H and O–H groups in total. The minimum atomic E-state index is -1.88. The molecule has 2 aromatic carbocycles. The number of amides is 1. The second kappa shape index (κ2) is 16.4. The molecule has 16 heteroatoms. The third-order valence-electron chi connectivity index (χ3n) is 10.2. The fourth-order valence-electron chi connectivity index (χ4n) is 7.30. The number of nitrogens with one attached hydrogen (secondary N) is 1. The van der Waals surface area contributed by atoms with E-state index in [9.17, 15) is 24.3 Å². The van der Waals surface area contributed by atoms with Gasteiger partial charge in [-0.25, -0.2) is 19.4 Å². The van der Waals surface area contributed by atoms with Gasteiger partial charge in [0.1, 0.15) is 25.6 Å². The van der Waals surface area contributed by atoms with E-state index in [-0.39, 0.29) is 55.2 Å². The number of aromatic nitrogens is 2. The van der Waals surface area contributed by atoms with Gasteiger partial charge in [0.15, 0.2) is 0 Å². The Morgan fingerprint density at radius 1 is 0.964 bits per heavy atom. The molecule has 2 aromatic heterocycles. The summed E-state index contributed by atoms with van der Waals surface area (Å²) in [6.07, 6.45) is -0.941. The first kappa shape index (κ1) is 38.3. The maximum atomic E-state index is 13.9. The van der Waals surface area contributed by atoms with Crippen molar-refractivity contribution in [3.63, 3.8) is 0 Å². The second-order valence-electron chi connectivity index (χ2n) is 13.5. The molecule has 0 aliphatic carbocycles. The quantitative estimate of drug-likeness (QED) is 0.0666. The predicted octanol–water partition coefficient (Wildman–Crippen LogP) is 5.89. The highest BCUT2D eigenvalue weighted by Crippen LogP contribution is 2.42. The normalized spacial score (nSPS) is 17.6. The Bertz CT molecular complexity index is 2170. The van der Waals surface area contributed by atoms with E-state index in [0.717, 1.165) is 48.4 Å². The van der Waals surface area contributed by atoms with Crippen molar-refractivity contribution in [3.05, 3.63) is 81.1 Å². The monoisotopic (exact) mass is 789 g/mol. The van der Waals surface area contributed by atoms with Crippen molar-refractivity contribution in [2.45, 2.75) is 45.4 Å². The Morgan fingerprint density at radius 3 is 2.40 bits per heavy atom. The summed E-state index contributed by atoms with van der Waals surface area (Å²) in [5, 5.41) is 13.7. The third-order valence-corrected chi connectivity index (χ3v) is 12.6. The molecule has 3 aliphatic rings. The molecule has 0 bridgehead atoms. The summed E-state index contributed by atoms with van der Waals surface area (Å²) < 4.78 is 23.4. The molecule has 7 rings (SSSR count). The van der Waals surface area contributed by atoms with Crippen LogP contribution in [0.1, 0.15) is 42.5 Å². The number of carbonyl (C=O) groups is 3. The van der Waals surface area contributed by atoms with Crippen molar-refractivity contribution < 1.29 is 38.4 Å². The zero-order valence-electron chi connectivity index (χ0n) is 30.9. The maximum Gasteiger partial charge on any atom is 0.509 e. The number of aromatic hydroxyl groups is 1. The van der Waals surface area contributed by atoms with Crippen LogP contribution in [0.15, 0.2) is 53.3 Å².